The fourth-order valence-corrected chi connectivity index (χ4v) is 1.40. The third kappa shape index (κ3) is 1.47. The molecule has 0 saturated carbocycles. The summed E-state index contributed by atoms with van der Waals surface area (Å²) >= 11 is 0. The summed E-state index contributed by atoms with van der Waals surface area (Å²) in [6, 6.07) is 0. The van der Waals surface area contributed by atoms with Crippen molar-refractivity contribution in [1.82, 2.24) is 4.98 Å². The molecule has 0 radical (unpaired) electrons. The Bertz CT molecular complexity index is 292. The Kier molecular flexibility index (Phi) is 2.46. The first-order valence-corrected chi connectivity index (χ1v) is 4.15. The fourth-order valence-electron chi connectivity index (χ4n) is 1.40. The van der Waals surface area contributed by atoms with Crippen LogP contribution in [0.4, 0.5) is 4.39 Å². The molecule has 1 aromatic heterocycles. The molecule has 0 bridgehead atoms. The van der Waals surface area contributed by atoms with E-state index in [4.69, 9.17) is 0 Å². The molecule has 0 aliphatic rings. The van der Waals surface area contributed by atoms with E-state index in [0.717, 1.165) is 11.1 Å². The fraction of sp³-hybridized carbons (Fsp3) is 0.500. The first kappa shape index (κ1) is 9.17. The van der Waals surface area contributed by atoms with Crippen LogP contribution in [0.1, 0.15) is 36.6 Å². The van der Waals surface area contributed by atoms with Crippen molar-refractivity contribution in [2.45, 2.75) is 33.6 Å². The third-order valence-corrected chi connectivity index (χ3v) is 2.01. The van der Waals surface area contributed by atoms with Crippen LogP contribution in [0.3, 0.4) is 0 Å². The van der Waals surface area contributed by atoms with Gasteiger partial charge < -0.3 is 0 Å². The van der Waals surface area contributed by atoms with Crippen molar-refractivity contribution in [3.05, 3.63) is 28.8 Å². The standard InChI is InChI=1S/C10H14FN/c1-6(2)9-7(3)5-12-8(4)10(9)11/h5-6H,1-4H3. The smallest absolute Gasteiger partial charge is 0.148 e. The van der Waals surface area contributed by atoms with Crippen molar-refractivity contribution in [1.29, 1.82) is 0 Å². The molecule has 0 saturated heterocycles. The van der Waals surface area contributed by atoms with Gasteiger partial charge in [0, 0.05) is 6.20 Å². The van der Waals surface area contributed by atoms with Crippen LogP contribution in [0.5, 0.6) is 0 Å². The van der Waals surface area contributed by atoms with Crippen molar-refractivity contribution < 1.29 is 4.39 Å². The second-order valence-corrected chi connectivity index (χ2v) is 3.41. The zero-order valence-electron chi connectivity index (χ0n) is 7.98. The van der Waals surface area contributed by atoms with E-state index in [1.165, 1.54) is 0 Å². The summed E-state index contributed by atoms with van der Waals surface area (Å²) < 4.78 is 13.5. The van der Waals surface area contributed by atoms with E-state index in [1.807, 2.05) is 20.8 Å². The molecule has 0 spiro atoms. The Balaban J connectivity index is 3.33. The summed E-state index contributed by atoms with van der Waals surface area (Å²) in [5.74, 6) is 0.0803. The van der Waals surface area contributed by atoms with Gasteiger partial charge in [0.05, 0.1) is 5.69 Å². The number of pyridine rings is 1. The van der Waals surface area contributed by atoms with Crippen LogP contribution in [-0.2, 0) is 0 Å². The molecule has 1 nitrogen and oxygen atoms in total. The summed E-state index contributed by atoms with van der Waals surface area (Å²) in [7, 11) is 0. The van der Waals surface area contributed by atoms with E-state index in [-0.39, 0.29) is 11.7 Å². The third-order valence-electron chi connectivity index (χ3n) is 2.01. The maximum absolute atomic E-state index is 13.5. The molecular formula is C10H14FN. The van der Waals surface area contributed by atoms with Crippen LogP contribution in [-0.4, -0.2) is 4.98 Å². The van der Waals surface area contributed by atoms with Crippen LogP contribution in [0.2, 0.25) is 0 Å². The lowest BCUT2D eigenvalue weighted by Gasteiger charge is -2.11. The number of aryl methyl sites for hydroxylation is 2. The second-order valence-electron chi connectivity index (χ2n) is 3.41. The van der Waals surface area contributed by atoms with Crippen LogP contribution >= 0.6 is 0 Å². The summed E-state index contributed by atoms with van der Waals surface area (Å²) in [5.41, 5.74) is 2.22. The monoisotopic (exact) mass is 167 g/mol. The minimum Gasteiger partial charge on any atom is -0.258 e. The van der Waals surface area contributed by atoms with E-state index in [1.54, 1.807) is 13.1 Å². The molecule has 0 N–H and O–H groups in total. The van der Waals surface area contributed by atoms with Crippen molar-refractivity contribution in [2.75, 3.05) is 0 Å². The quantitative estimate of drug-likeness (QED) is 0.626. The van der Waals surface area contributed by atoms with Gasteiger partial charge >= 0.3 is 0 Å². The zero-order valence-corrected chi connectivity index (χ0v) is 7.98. The van der Waals surface area contributed by atoms with Gasteiger partial charge in [0.25, 0.3) is 0 Å². The Morgan fingerprint density at radius 1 is 1.33 bits per heavy atom. The van der Waals surface area contributed by atoms with Crippen molar-refractivity contribution in [3.63, 3.8) is 0 Å². The van der Waals surface area contributed by atoms with Crippen LogP contribution in [0.15, 0.2) is 6.20 Å². The van der Waals surface area contributed by atoms with E-state index in [9.17, 15) is 4.39 Å². The predicted octanol–water partition coefficient (Wildman–Crippen LogP) is 2.96. The minimum absolute atomic E-state index is 0.148. The summed E-state index contributed by atoms with van der Waals surface area (Å²) in [5, 5.41) is 0. The first-order chi connectivity index (χ1) is 5.54. The molecule has 2 heteroatoms. The summed E-state index contributed by atoms with van der Waals surface area (Å²) in [6.07, 6.45) is 1.73. The molecule has 1 heterocycles. The molecule has 1 rings (SSSR count). The van der Waals surface area contributed by atoms with E-state index >= 15 is 0 Å². The summed E-state index contributed by atoms with van der Waals surface area (Å²) in [6.45, 7) is 7.57. The number of hydrogen-bond donors (Lipinski definition) is 0. The SMILES string of the molecule is Cc1cnc(C)c(F)c1C(C)C. The van der Waals surface area contributed by atoms with Crippen LogP contribution in [0, 0.1) is 19.7 Å². The molecule has 0 fully saturated rings. The zero-order chi connectivity index (χ0) is 9.30. The molecule has 12 heavy (non-hydrogen) atoms. The van der Waals surface area contributed by atoms with Gasteiger partial charge in [-0.1, -0.05) is 13.8 Å². The molecule has 0 aliphatic heterocycles. The van der Waals surface area contributed by atoms with Gasteiger partial charge in [-0.15, -0.1) is 0 Å². The highest BCUT2D eigenvalue weighted by Crippen LogP contribution is 2.22. The molecular weight excluding hydrogens is 153 g/mol. The van der Waals surface area contributed by atoms with Crippen molar-refractivity contribution in [3.8, 4) is 0 Å². The molecule has 1 aromatic rings. The van der Waals surface area contributed by atoms with Crippen molar-refractivity contribution >= 4 is 0 Å². The van der Waals surface area contributed by atoms with Crippen LogP contribution < -0.4 is 0 Å². The second kappa shape index (κ2) is 3.21. The Hall–Kier alpha value is -0.920. The van der Waals surface area contributed by atoms with Gasteiger partial charge in [0.1, 0.15) is 5.82 Å². The normalized spacial score (nSPS) is 10.8. The largest absolute Gasteiger partial charge is 0.258 e. The number of halogens is 1. The summed E-state index contributed by atoms with van der Waals surface area (Å²) in [4.78, 5) is 3.95. The van der Waals surface area contributed by atoms with Gasteiger partial charge in [-0.25, -0.2) is 4.39 Å². The van der Waals surface area contributed by atoms with Gasteiger partial charge in [0.2, 0.25) is 0 Å². The highest BCUT2D eigenvalue weighted by molar-refractivity contribution is 5.29. The van der Waals surface area contributed by atoms with Gasteiger partial charge in [0.15, 0.2) is 0 Å². The number of rotatable bonds is 1. The molecule has 0 atom stereocenters. The first-order valence-electron chi connectivity index (χ1n) is 4.15. The average molecular weight is 167 g/mol. The number of nitrogens with zero attached hydrogens (tertiary/aromatic N) is 1. The van der Waals surface area contributed by atoms with E-state index < -0.39 is 0 Å². The highest BCUT2D eigenvalue weighted by atomic mass is 19.1. The molecule has 0 aromatic carbocycles. The maximum atomic E-state index is 13.5. The number of aromatic nitrogens is 1. The Morgan fingerprint density at radius 3 is 2.33 bits per heavy atom. The average Bonchev–Trinajstić information content (AvgIpc) is 1.97. The van der Waals surface area contributed by atoms with Gasteiger partial charge in [-0.2, -0.15) is 0 Å². The van der Waals surface area contributed by atoms with Crippen molar-refractivity contribution in [2.24, 2.45) is 0 Å². The molecule has 0 aliphatic carbocycles. The van der Waals surface area contributed by atoms with E-state index in [2.05, 4.69) is 4.98 Å². The lowest BCUT2D eigenvalue weighted by atomic mass is 9.98. The molecule has 0 amide bonds. The molecule has 66 valence electrons. The topological polar surface area (TPSA) is 12.9 Å². The minimum atomic E-state index is -0.148. The van der Waals surface area contributed by atoms with Gasteiger partial charge in [-0.05, 0) is 30.9 Å². The Morgan fingerprint density at radius 2 is 1.92 bits per heavy atom. The van der Waals surface area contributed by atoms with Gasteiger partial charge in [-0.3, -0.25) is 4.98 Å². The number of hydrogen-bond acceptors (Lipinski definition) is 1. The lowest BCUT2D eigenvalue weighted by Crippen LogP contribution is -2.01. The predicted molar refractivity (Wildman–Crippen MR) is 47.8 cm³/mol. The maximum Gasteiger partial charge on any atom is 0.148 e. The van der Waals surface area contributed by atoms with E-state index in [0.29, 0.717) is 5.69 Å². The Labute approximate surface area is 72.6 Å². The highest BCUT2D eigenvalue weighted by Gasteiger charge is 2.12. The lowest BCUT2D eigenvalue weighted by molar-refractivity contribution is 0.578. The van der Waals surface area contributed by atoms with Crippen LogP contribution in [0.25, 0.3) is 0 Å². The molecule has 0 unspecified atom stereocenters.